The lowest BCUT2D eigenvalue weighted by Crippen LogP contribution is -2.37. The molecule has 1 atom stereocenters. The molecular formula is C19H22N2O4S. The quantitative estimate of drug-likeness (QED) is 0.753. The number of thiazole rings is 1. The monoisotopic (exact) mass is 374 g/mol. The standard InChI is InChI=1S/C19H22N2O4S/c1-11-4-8-15(9-5-11)24-10-16-20-12(2)17(26-16)19(23)25-13(3)18(22)21-14-6-7-14/h4-5,8-9,13-14H,6-7,10H2,1-3H3,(H,21,22). The summed E-state index contributed by atoms with van der Waals surface area (Å²) >= 11 is 1.23. The van der Waals surface area contributed by atoms with Crippen LogP contribution in [0.2, 0.25) is 0 Å². The molecule has 1 saturated carbocycles. The molecule has 1 fully saturated rings. The van der Waals surface area contributed by atoms with Gasteiger partial charge in [-0.2, -0.15) is 0 Å². The highest BCUT2D eigenvalue weighted by Gasteiger charge is 2.28. The summed E-state index contributed by atoms with van der Waals surface area (Å²) < 4.78 is 11.0. The van der Waals surface area contributed by atoms with Crippen LogP contribution in [-0.2, 0) is 16.1 Å². The van der Waals surface area contributed by atoms with Crippen molar-refractivity contribution >= 4 is 23.2 Å². The SMILES string of the molecule is Cc1ccc(OCc2nc(C)c(C(=O)OC(C)C(=O)NC3CC3)s2)cc1. The Morgan fingerprint density at radius 3 is 2.62 bits per heavy atom. The predicted octanol–water partition coefficient (Wildman–Crippen LogP) is 3.16. The zero-order valence-corrected chi connectivity index (χ0v) is 15.9. The van der Waals surface area contributed by atoms with Crippen molar-refractivity contribution in [2.75, 3.05) is 0 Å². The molecular weight excluding hydrogens is 352 g/mol. The van der Waals surface area contributed by atoms with Crippen molar-refractivity contribution in [3.8, 4) is 5.75 Å². The minimum Gasteiger partial charge on any atom is -0.486 e. The van der Waals surface area contributed by atoms with Gasteiger partial charge in [-0.3, -0.25) is 4.79 Å². The summed E-state index contributed by atoms with van der Waals surface area (Å²) in [6.07, 6.45) is 1.16. The molecule has 1 N–H and O–H groups in total. The molecule has 3 rings (SSSR count). The third-order valence-electron chi connectivity index (χ3n) is 3.99. The number of rotatable bonds is 7. The maximum Gasteiger partial charge on any atom is 0.351 e. The number of carbonyl (C=O) groups excluding carboxylic acids is 2. The van der Waals surface area contributed by atoms with E-state index in [0.717, 1.165) is 24.2 Å². The van der Waals surface area contributed by atoms with Gasteiger partial charge in [0.2, 0.25) is 0 Å². The lowest BCUT2D eigenvalue weighted by molar-refractivity contribution is -0.129. The molecule has 1 aliphatic rings. The molecule has 1 amide bonds. The molecule has 0 spiro atoms. The number of hydrogen-bond donors (Lipinski definition) is 1. The van der Waals surface area contributed by atoms with Crippen LogP contribution < -0.4 is 10.1 Å². The van der Waals surface area contributed by atoms with Gasteiger partial charge in [0.05, 0.1) is 5.69 Å². The molecule has 0 bridgehead atoms. The summed E-state index contributed by atoms with van der Waals surface area (Å²) in [6.45, 7) is 5.61. The number of esters is 1. The molecule has 1 aromatic carbocycles. The van der Waals surface area contributed by atoms with Crippen LogP contribution in [0.1, 0.15) is 45.7 Å². The maximum absolute atomic E-state index is 12.3. The highest BCUT2D eigenvalue weighted by Crippen LogP contribution is 2.22. The minimum absolute atomic E-state index is 0.235. The number of benzene rings is 1. The lowest BCUT2D eigenvalue weighted by Gasteiger charge is -2.12. The summed E-state index contributed by atoms with van der Waals surface area (Å²) in [6, 6.07) is 7.97. The first-order chi connectivity index (χ1) is 12.4. The second-order valence-corrected chi connectivity index (χ2v) is 7.54. The third-order valence-corrected chi connectivity index (χ3v) is 5.10. The highest BCUT2D eigenvalue weighted by atomic mass is 32.1. The van der Waals surface area contributed by atoms with Crippen LogP contribution in [0.25, 0.3) is 0 Å². The number of amides is 1. The van der Waals surface area contributed by atoms with Crippen LogP contribution in [0.5, 0.6) is 5.75 Å². The Labute approximate surface area is 156 Å². The number of hydrogen-bond acceptors (Lipinski definition) is 6. The molecule has 138 valence electrons. The van der Waals surface area contributed by atoms with Gasteiger partial charge < -0.3 is 14.8 Å². The van der Waals surface area contributed by atoms with E-state index in [1.165, 1.54) is 11.3 Å². The van der Waals surface area contributed by atoms with Gasteiger partial charge in [-0.25, -0.2) is 9.78 Å². The molecule has 1 heterocycles. The van der Waals surface area contributed by atoms with Gasteiger partial charge in [-0.1, -0.05) is 17.7 Å². The van der Waals surface area contributed by atoms with Crippen molar-refractivity contribution in [2.24, 2.45) is 0 Å². The fourth-order valence-electron chi connectivity index (χ4n) is 2.30. The average molecular weight is 374 g/mol. The minimum atomic E-state index is -0.822. The van der Waals surface area contributed by atoms with E-state index < -0.39 is 12.1 Å². The average Bonchev–Trinajstić information content (AvgIpc) is 3.34. The zero-order valence-electron chi connectivity index (χ0n) is 15.1. The Hall–Kier alpha value is -2.41. The molecule has 1 aliphatic carbocycles. The van der Waals surface area contributed by atoms with Crippen LogP contribution >= 0.6 is 11.3 Å². The maximum atomic E-state index is 12.3. The van der Waals surface area contributed by atoms with Gasteiger partial charge in [0, 0.05) is 6.04 Å². The molecule has 7 heteroatoms. The van der Waals surface area contributed by atoms with Crippen LogP contribution in [0, 0.1) is 13.8 Å². The van der Waals surface area contributed by atoms with Crippen LogP contribution in [0.15, 0.2) is 24.3 Å². The Kier molecular flexibility index (Phi) is 5.56. The van der Waals surface area contributed by atoms with Gasteiger partial charge in [0.25, 0.3) is 5.91 Å². The highest BCUT2D eigenvalue weighted by molar-refractivity contribution is 7.13. The van der Waals surface area contributed by atoms with Crippen molar-refractivity contribution in [2.45, 2.75) is 52.4 Å². The second kappa shape index (κ2) is 7.86. The Balaban J connectivity index is 1.56. The number of aryl methyl sites for hydroxylation is 2. The third kappa shape index (κ3) is 4.82. The number of nitrogens with zero attached hydrogens (tertiary/aromatic N) is 1. The van der Waals surface area contributed by atoms with E-state index in [1.54, 1.807) is 13.8 Å². The molecule has 6 nitrogen and oxygen atoms in total. The number of nitrogens with one attached hydrogen (secondary N) is 1. The van der Waals surface area contributed by atoms with Crippen molar-refractivity contribution in [3.63, 3.8) is 0 Å². The van der Waals surface area contributed by atoms with E-state index in [-0.39, 0.29) is 18.6 Å². The molecule has 0 radical (unpaired) electrons. The predicted molar refractivity (Wildman–Crippen MR) is 98.4 cm³/mol. The normalized spacial score (nSPS) is 14.6. The first-order valence-electron chi connectivity index (χ1n) is 8.59. The number of ether oxygens (including phenoxy) is 2. The van der Waals surface area contributed by atoms with E-state index in [0.29, 0.717) is 15.6 Å². The van der Waals surface area contributed by atoms with Gasteiger partial charge in [0.1, 0.15) is 22.2 Å². The molecule has 0 aliphatic heterocycles. The van der Waals surface area contributed by atoms with Crippen molar-refractivity contribution in [1.29, 1.82) is 0 Å². The van der Waals surface area contributed by atoms with E-state index in [9.17, 15) is 9.59 Å². The summed E-state index contributed by atoms with van der Waals surface area (Å²) in [5, 5.41) is 3.51. The molecule has 2 aromatic rings. The van der Waals surface area contributed by atoms with E-state index in [2.05, 4.69) is 10.3 Å². The van der Waals surface area contributed by atoms with Gasteiger partial charge in [-0.15, -0.1) is 11.3 Å². The van der Waals surface area contributed by atoms with Crippen LogP contribution in [0.4, 0.5) is 0 Å². The topological polar surface area (TPSA) is 77.5 Å². The van der Waals surface area contributed by atoms with Gasteiger partial charge in [0.15, 0.2) is 6.10 Å². The summed E-state index contributed by atoms with van der Waals surface area (Å²) in [5.74, 6) is -0.0380. The number of carbonyl (C=O) groups is 2. The Morgan fingerprint density at radius 2 is 1.96 bits per heavy atom. The fourth-order valence-corrected chi connectivity index (χ4v) is 3.16. The Bertz CT molecular complexity index is 796. The van der Waals surface area contributed by atoms with Gasteiger partial charge >= 0.3 is 5.97 Å². The van der Waals surface area contributed by atoms with Crippen molar-refractivity contribution in [3.05, 3.63) is 45.4 Å². The smallest absolute Gasteiger partial charge is 0.351 e. The fraction of sp³-hybridized carbons (Fsp3) is 0.421. The first kappa shape index (κ1) is 18.4. The van der Waals surface area contributed by atoms with Gasteiger partial charge in [-0.05, 0) is 45.7 Å². The van der Waals surface area contributed by atoms with Crippen molar-refractivity contribution in [1.82, 2.24) is 10.3 Å². The summed E-state index contributed by atoms with van der Waals surface area (Å²) in [4.78, 5) is 29.0. The summed E-state index contributed by atoms with van der Waals surface area (Å²) in [7, 11) is 0. The number of aromatic nitrogens is 1. The molecule has 1 aromatic heterocycles. The van der Waals surface area contributed by atoms with E-state index in [1.807, 2.05) is 31.2 Å². The van der Waals surface area contributed by atoms with E-state index in [4.69, 9.17) is 9.47 Å². The van der Waals surface area contributed by atoms with Crippen LogP contribution in [-0.4, -0.2) is 29.0 Å². The molecule has 0 saturated heterocycles. The Morgan fingerprint density at radius 1 is 1.27 bits per heavy atom. The van der Waals surface area contributed by atoms with Crippen LogP contribution in [0.3, 0.4) is 0 Å². The molecule has 26 heavy (non-hydrogen) atoms. The molecule has 1 unspecified atom stereocenters. The lowest BCUT2D eigenvalue weighted by atomic mass is 10.2. The second-order valence-electron chi connectivity index (χ2n) is 6.45. The zero-order chi connectivity index (χ0) is 18.7. The largest absolute Gasteiger partial charge is 0.486 e. The summed E-state index contributed by atoms with van der Waals surface area (Å²) in [5.41, 5.74) is 1.74. The first-order valence-corrected chi connectivity index (χ1v) is 9.41. The van der Waals surface area contributed by atoms with E-state index >= 15 is 0 Å². The van der Waals surface area contributed by atoms with Crippen molar-refractivity contribution < 1.29 is 19.1 Å².